The first-order valence-electron chi connectivity index (χ1n) is 5.90. The molecule has 0 spiro atoms. The van der Waals surface area contributed by atoms with Gasteiger partial charge in [-0.3, -0.25) is 14.6 Å². The van der Waals surface area contributed by atoms with Crippen LogP contribution >= 0.6 is 0 Å². The molecule has 2 aromatic rings. The molecule has 19 heavy (non-hydrogen) atoms. The molecule has 6 nitrogen and oxygen atoms in total. The van der Waals surface area contributed by atoms with E-state index in [1.165, 1.54) is 10.7 Å². The summed E-state index contributed by atoms with van der Waals surface area (Å²) in [5, 5.41) is 6.81. The van der Waals surface area contributed by atoms with Crippen molar-refractivity contribution in [2.45, 2.75) is 13.5 Å². The Bertz CT molecular complexity index is 622. The Morgan fingerprint density at radius 3 is 2.74 bits per heavy atom. The van der Waals surface area contributed by atoms with Crippen molar-refractivity contribution < 1.29 is 4.79 Å². The van der Waals surface area contributed by atoms with Gasteiger partial charge in [-0.15, -0.1) is 0 Å². The molecular weight excluding hydrogens is 244 g/mol. The van der Waals surface area contributed by atoms with Gasteiger partial charge in [0.1, 0.15) is 0 Å². The highest BCUT2D eigenvalue weighted by molar-refractivity contribution is 5.93. The van der Waals surface area contributed by atoms with Gasteiger partial charge < -0.3 is 5.32 Å². The van der Waals surface area contributed by atoms with Crippen LogP contribution in [0.2, 0.25) is 0 Å². The number of rotatable bonds is 4. The third kappa shape index (κ3) is 3.48. The average Bonchev–Trinajstić information content (AvgIpc) is 2.43. The number of pyridine rings is 1. The van der Waals surface area contributed by atoms with Gasteiger partial charge in [-0.05, 0) is 25.1 Å². The molecule has 0 aliphatic carbocycles. The normalized spacial score (nSPS) is 10.2. The van der Waals surface area contributed by atoms with Crippen LogP contribution in [0.5, 0.6) is 0 Å². The van der Waals surface area contributed by atoms with E-state index in [1.807, 2.05) is 6.92 Å². The lowest BCUT2D eigenvalue weighted by atomic mass is 10.2. The molecule has 0 atom stereocenters. The first-order chi connectivity index (χ1) is 9.16. The number of hydrogen-bond donors (Lipinski definition) is 1. The molecule has 0 aromatic carbocycles. The van der Waals surface area contributed by atoms with Crippen molar-refractivity contribution in [1.29, 1.82) is 0 Å². The van der Waals surface area contributed by atoms with Crippen molar-refractivity contribution in [3.8, 4) is 0 Å². The van der Waals surface area contributed by atoms with Gasteiger partial charge in [0.2, 0.25) is 0 Å². The molecule has 0 saturated carbocycles. The summed E-state index contributed by atoms with van der Waals surface area (Å²) in [6.07, 6.45) is 3.11. The van der Waals surface area contributed by atoms with Crippen LogP contribution in [0.25, 0.3) is 0 Å². The molecular formula is C13H14N4O2. The maximum atomic E-state index is 11.7. The first-order valence-corrected chi connectivity index (χ1v) is 5.90. The lowest BCUT2D eigenvalue weighted by Crippen LogP contribution is -2.32. The minimum atomic E-state index is -0.192. The third-order valence-electron chi connectivity index (χ3n) is 2.55. The van der Waals surface area contributed by atoms with Gasteiger partial charge in [0.25, 0.3) is 11.5 Å². The third-order valence-corrected chi connectivity index (χ3v) is 2.55. The highest BCUT2D eigenvalue weighted by Gasteiger charge is 2.04. The first kappa shape index (κ1) is 12.9. The predicted molar refractivity (Wildman–Crippen MR) is 69.8 cm³/mol. The van der Waals surface area contributed by atoms with E-state index >= 15 is 0 Å². The zero-order valence-corrected chi connectivity index (χ0v) is 10.5. The standard InChI is InChI=1S/C13H14N4O2/c1-10-2-3-12(18)17(16-10)9-8-15-13(19)11-4-6-14-7-5-11/h2-7H,8-9H2,1H3,(H,15,19). The van der Waals surface area contributed by atoms with Gasteiger partial charge in [0, 0.05) is 30.6 Å². The van der Waals surface area contributed by atoms with Gasteiger partial charge >= 0.3 is 0 Å². The Hall–Kier alpha value is -2.50. The van der Waals surface area contributed by atoms with Crippen LogP contribution < -0.4 is 10.9 Å². The monoisotopic (exact) mass is 258 g/mol. The number of aromatic nitrogens is 3. The van der Waals surface area contributed by atoms with Crippen molar-refractivity contribution in [3.05, 3.63) is 58.3 Å². The molecule has 98 valence electrons. The van der Waals surface area contributed by atoms with E-state index in [-0.39, 0.29) is 11.5 Å². The van der Waals surface area contributed by atoms with Crippen LogP contribution in [-0.2, 0) is 6.54 Å². The minimum absolute atomic E-state index is 0.177. The lowest BCUT2D eigenvalue weighted by molar-refractivity contribution is 0.0951. The van der Waals surface area contributed by atoms with Crippen molar-refractivity contribution >= 4 is 5.91 Å². The number of amides is 1. The maximum Gasteiger partial charge on any atom is 0.266 e. The quantitative estimate of drug-likeness (QED) is 0.860. The predicted octanol–water partition coefficient (Wildman–Crippen LogP) is 0.377. The Kier molecular flexibility index (Phi) is 4.02. The molecule has 0 radical (unpaired) electrons. The summed E-state index contributed by atoms with van der Waals surface area (Å²) < 4.78 is 1.34. The molecule has 0 fully saturated rings. The Morgan fingerprint density at radius 2 is 2.00 bits per heavy atom. The van der Waals surface area contributed by atoms with Gasteiger partial charge in [-0.1, -0.05) is 0 Å². The zero-order chi connectivity index (χ0) is 13.7. The molecule has 1 amide bonds. The lowest BCUT2D eigenvalue weighted by Gasteiger charge is -2.07. The summed E-state index contributed by atoms with van der Waals surface area (Å²) in [4.78, 5) is 27.1. The van der Waals surface area contributed by atoms with Crippen molar-refractivity contribution in [3.63, 3.8) is 0 Å². The van der Waals surface area contributed by atoms with Crippen LogP contribution in [0.3, 0.4) is 0 Å². The molecule has 6 heteroatoms. The second-order valence-corrected chi connectivity index (χ2v) is 4.03. The number of carbonyl (C=O) groups excluding carboxylic acids is 1. The second-order valence-electron chi connectivity index (χ2n) is 4.03. The van der Waals surface area contributed by atoms with E-state index in [0.29, 0.717) is 18.7 Å². The van der Waals surface area contributed by atoms with Crippen molar-refractivity contribution in [1.82, 2.24) is 20.1 Å². The number of nitrogens with one attached hydrogen (secondary N) is 1. The number of nitrogens with zero attached hydrogens (tertiary/aromatic N) is 3. The average molecular weight is 258 g/mol. The molecule has 2 aromatic heterocycles. The van der Waals surface area contributed by atoms with E-state index in [4.69, 9.17) is 0 Å². The SMILES string of the molecule is Cc1ccc(=O)n(CCNC(=O)c2ccncc2)n1. The molecule has 0 aliphatic rings. The number of aryl methyl sites for hydroxylation is 1. The van der Waals surface area contributed by atoms with E-state index in [0.717, 1.165) is 5.69 Å². The summed E-state index contributed by atoms with van der Waals surface area (Å²) in [6.45, 7) is 2.50. The van der Waals surface area contributed by atoms with Gasteiger partial charge in [-0.2, -0.15) is 5.10 Å². The fourth-order valence-corrected chi connectivity index (χ4v) is 1.59. The van der Waals surface area contributed by atoms with Crippen molar-refractivity contribution in [2.75, 3.05) is 6.54 Å². The molecule has 2 heterocycles. The largest absolute Gasteiger partial charge is 0.350 e. The number of hydrogen-bond acceptors (Lipinski definition) is 4. The topological polar surface area (TPSA) is 76.9 Å². The van der Waals surface area contributed by atoms with Gasteiger partial charge in [0.05, 0.1) is 12.2 Å². The maximum absolute atomic E-state index is 11.7. The Labute approximate surface area is 110 Å². The molecule has 0 unspecified atom stereocenters. The van der Waals surface area contributed by atoms with Crippen LogP contribution in [0.4, 0.5) is 0 Å². The summed E-state index contributed by atoms with van der Waals surface area (Å²) in [5.41, 5.74) is 1.13. The fraction of sp³-hybridized carbons (Fsp3) is 0.231. The molecule has 0 bridgehead atoms. The molecule has 1 N–H and O–H groups in total. The summed E-state index contributed by atoms with van der Waals surface area (Å²) in [6, 6.07) is 6.39. The van der Waals surface area contributed by atoms with E-state index < -0.39 is 0 Å². The van der Waals surface area contributed by atoms with Crippen molar-refractivity contribution in [2.24, 2.45) is 0 Å². The Balaban J connectivity index is 1.92. The van der Waals surface area contributed by atoms with E-state index in [1.54, 1.807) is 30.6 Å². The van der Waals surface area contributed by atoms with Crippen LogP contribution in [0.15, 0.2) is 41.5 Å². The fourth-order valence-electron chi connectivity index (χ4n) is 1.59. The summed E-state index contributed by atoms with van der Waals surface area (Å²) in [5.74, 6) is -0.192. The Morgan fingerprint density at radius 1 is 1.26 bits per heavy atom. The van der Waals surface area contributed by atoms with Gasteiger partial charge in [0.15, 0.2) is 0 Å². The molecule has 0 saturated heterocycles. The highest BCUT2D eigenvalue weighted by Crippen LogP contribution is 1.95. The smallest absolute Gasteiger partial charge is 0.266 e. The second kappa shape index (κ2) is 5.90. The van der Waals surface area contributed by atoms with Crippen LogP contribution in [0.1, 0.15) is 16.1 Å². The zero-order valence-electron chi connectivity index (χ0n) is 10.5. The van der Waals surface area contributed by atoms with E-state index in [9.17, 15) is 9.59 Å². The molecule has 0 aliphatic heterocycles. The van der Waals surface area contributed by atoms with Gasteiger partial charge in [-0.25, -0.2) is 4.68 Å². The van der Waals surface area contributed by atoms with Crippen LogP contribution in [0, 0.1) is 6.92 Å². The minimum Gasteiger partial charge on any atom is -0.350 e. The summed E-state index contributed by atoms with van der Waals surface area (Å²) in [7, 11) is 0. The van der Waals surface area contributed by atoms with Crippen LogP contribution in [-0.4, -0.2) is 27.2 Å². The summed E-state index contributed by atoms with van der Waals surface area (Å²) >= 11 is 0. The molecule has 2 rings (SSSR count). The number of carbonyl (C=O) groups is 1. The highest BCUT2D eigenvalue weighted by atomic mass is 16.1. The van der Waals surface area contributed by atoms with E-state index in [2.05, 4.69) is 15.4 Å².